The predicted octanol–water partition coefficient (Wildman–Crippen LogP) is 3.14. The van der Waals surface area contributed by atoms with Crippen molar-refractivity contribution < 1.29 is 9.47 Å². The largest absolute Gasteiger partial charge is 0.497 e. The summed E-state index contributed by atoms with van der Waals surface area (Å²) in [5, 5.41) is 3.42. The summed E-state index contributed by atoms with van der Waals surface area (Å²) in [6.07, 6.45) is 0. The molecule has 1 atom stereocenters. The first-order chi connectivity index (χ1) is 8.22. The molecule has 0 bridgehead atoms. The lowest BCUT2D eigenvalue weighted by Crippen LogP contribution is -2.25. The van der Waals surface area contributed by atoms with Gasteiger partial charge in [-0.1, -0.05) is 22.9 Å². The molecule has 0 aliphatic rings. The van der Waals surface area contributed by atoms with Crippen molar-refractivity contribution >= 4 is 15.9 Å². The van der Waals surface area contributed by atoms with Crippen molar-refractivity contribution in [3.8, 4) is 5.75 Å². The van der Waals surface area contributed by atoms with Crippen molar-refractivity contribution in [2.45, 2.75) is 19.9 Å². The van der Waals surface area contributed by atoms with Crippen molar-refractivity contribution in [1.29, 1.82) is 0 Å². The molecular formula is C13H20BrNO2. The average Bonchev–Trinajstić information content (AvgIpc) is 2.35. The van der Waals surface area contributed by atoms with Gasteiger partial charge in [-0.25, -0.2) is 0 Å². The number of nitrogens with one attached hydrogen (secondary N) is 1. The van der Waals surface area contributed by atoms with Gasteiger partial charge in [0.25, 0.3) is 0 Å². The molecule has 0 aromatic heterocycles. The molecule has 17 heavy (non-hydrogen) atoms. The van der Waals surface area contributed by atoms with E-state index in [0.717, 1.165) is 23.4 Å². The van der Waals surface area contributed by atoms with E-state index in [-0.39, 0.29) is 6.04 Å². The summed E-state index contributed by atoms with van der Waals surface area (Å²) in [4.78, 5) is 0. The second-order valence-corrected chi connectivity index (χ2v) is 4.51. The minimum atomic E-state index is 0.185. The molecule has 4 heteroatoms. The first kappa shape index (κ1) is 14.5. The Labute approximate surface area is 112 Å². The van der Waals surface area contributed by atoms with Crippen LogP contribution in [-0.4, -0.2) is 26.9 Å². The molecule has 0 spiro atoms. The van der Waals surface area contributed by atoms with E-state index in [4.69, 9.17) is 9.47 Å². The number of hydrogen-bond acceptors (Lipinski definition) is 3. The lowest BCUT2D eigenvalue weighted by atomic mass is 10.1. The highest BCUT2D eigenvalue weighted by atomic mass is 79.9. The maximum atomic E-state index is 5.51. The molecule has 0 aliphatic carbocycles. The first-order valence-corrected chi connectivity index (χ1v) is 6.66. The zero-order chi connectivity index (χ0) is 12.7. The Morgan fingerprint density at radius 1 is 1.35 bits per heavy atom. The fraction of sp³-hybridized carbons (Fsp3) is 0.538. The Morgan fingerprint density at radius 3 is 2.71 bits per heavy atom. The molecule has 0 fully saturated rings. The SMILES string of the molecule is CCNC(COCC)c1cc(OC)ccc1Br. The van der Waals surface area contributed by atoms with E-state index < -0.39 is 0 Å². The van der Waals surface area contributed by atoms with Crippen LogP contribution in [0.5, 0.6) is 5.75 Å². The highest BCUT2D eigenvalue weighted by molar-refractivity contribution is 9.10. The molecule has 1 unspecified atom stereocenters. The van der Waals surface area contributed by atoms with Gasteiger partial charge in [-0.15, -0.1) is 0 Å². The van der Waals surface area contributed by atoms with E-state index in [9.17, 15) is 0 Å². The summed E-state index contributed by atoms with van der Waals surface area (Å²) < 4.78 is 11.8. The number of rotatable bonds is 7. The van der Waals surface area contributed by atoms with Crippen molar-refractivity contribution in [1.82, 2.24) is 5.32 Å². The van der Waals surface area contributed by atoms with Gasteiger partial charge in [-0.2, -0.15) is 0 Å². The van der Waals surface area contributed by atoms with Gasteiger partial charge < -0.3 is 14.8 Å². The number of hydrogen-bond donors (Lipinski definition) is 1. The van der Waals surface area contributed by atoms with Gasteiger partial charge in [0.15, 0.2) is 0 Å². The first-order valence-electron chi connectivity index (χ1n) is 5.87. The molecule has 0 heterocycles. The standard InChI is InChI=1S/C13H20BrNO2/c1-4-15-13(9-17-5-2)11-8-10(16-3)6-7-12(11)14/h6-8,13,15H,4-5,9H2,1-3H3. The van der Waals surface area contributed by atoms with E-state index in [0.29, 0.717) is 6.61 Å². The van der Waals surface area contributed by atoms with E-state index in [1.807, 2.05) is 25.1 Å². The second kappa shape index (κ2) is 7.69. The van der Waals surface area contributed by atoms with Crippen molar-refractivity contribution in [3.63, 3.8) is 0 Å². The van der Waals surface area contributed by atoms with Crippen LogP contribution in [0, 0.1) is 0 Å². The van der Waals surface area contributed by atoms with Gasteiger partial charge in [0, 0.05) is 11.1 Å². The Morgan fingerprint density at radius 2 is 2.12 bits per heavy atom. The molecule has 0 amide bonds. The third-order valence-corrected chi connectivity index (χ3v) is 3.24. The number of halogens is 1. The third kappa shape index (κ3) is 4.30. The van der Waals surface area contributed by atoms with E-state index in [1.54, 1.807) is 7.11 Å². The quantitative estimate of drug-likeness (QED) is 0.839. The van der Waals surface area contributed by atoms with Gasteiger partial charge >= 0.3 is 0 Å². The topological polar surface area (TPSA) is 30.5 Å². The van der Waals surface area contributed by atoms with Crippen LogP contribution in [0.1, 0.15) is 25.5 Å². The van der Waals surface area contributed by atoms with Crippen LogP contribution in [-0.2, 0) is 4.74 Å². The smallest absolute Gasteiger partial charge is 0.119 e. The zero-order valence-corrected chi connectivity index (χ0v) is 12.2. The predicted molar refractivity (Wildman–Crippen MR) is 73.6 cm³/mol. The third-order valence-electron chi connectivity index (χ3n) is 2.52. The number of likely N-dealkylation sites (N-methyl/N-ethyl adjacent to an activating group) is 1. The maximum absolute atomic E-state index is 5.51. The van der Waals surface area contributed by atoms with Gasteiger partial charge in [0.05, 0.1) is 19.8 Å². The van der Waals surface area contributed by atoms with Crippen LogP contribution in [0.15, 0.2) is 22.7 Å². The van der Waals surface area contributed by atoms with Crippen LogP contribution < -0.4 is 10.1 Å². The molecular weight excluding hydrogens is 282 g/mol. The summed E-state index contributed by atoms with van der Waals surface area (Å²) >= 11 is 3.57. The Bertz CT molecular complexity index is 344. The van der Waals surface area contributed by atoms with Gasteiger partial charge in [-0.05, 0) is 37.2 Å². The van der Waals surface area contributed by atoms with Crippen molar-refractivity contribution in [2.24, 2.45) is 0 Å². The van der Waals surface area contributed by atoms with Crippen LogP contribution in [0.25, 0.3) is 0 Å². The van der Waals surface area contributed by atoms with E-state index >= 15 is 0 Å². The number of methoxy groups -OCH3 is 1. The molecule has 1 N–H and O–H groups in total. The highest BCUT2D eigenvalue weighted by Crippen LogP contribution is 2.28. The lowest BCUT2D eigenvalue weighted by Gasteiger charge is -2.20. The Balaban J connectivity index is 2.90. The normalized spacial score (nSPS) is 12.5. The Kier molecular flexibility index (Phi) is 6.55. The highest BCUT2D eigenvalue weighted by Gasteiger charge is 2.14. The van der Waals surface area contributed by atoms with Crippen LogP contribution in [0.4, 0.5) is 0 Å². The minimum absolute atomic E-state index is 0.185. The fourth-order valence-electron chi connectivity index (χ4n) is 1.66. The molecule has 0 saturated heterocycles. The van der Waals surface area contributed by atoms with E-state index in [2.05, 4.69) is 28.2 Å². The second-order valence-electron chi connectivity index (χ2n) is 3.66. The molecule has 96 valence electrons. The molecule has 0 radical (unpaired) electrons. The number of benzene rings is 1. The monoisotopic (exact) mass is 301 g/mol. The summed E-state index contributed by atoms with van der Waals surface area (Å²) in [5.74, 6) is 0.864. The molecule has 1 aromatic carbocycles. The van der Waals surface area contributed by atoms with Crippen molar-refractivity contribution in [2.75, 3.05) is 26.9 Å². The molecule has 0 saturated carbocycles. The average molecular weight is 302 g/mol. The molecule has 1 aromatic rings. The summed E-state index contributed by atoms with van der Waals surface area (Å²) in [6.45, 7) is 6.39. The Hall–Kier alpha value is -0.580. The van der Waals surface area contributed by atoms with E-state index in [1.165, 1.54) is 5.56 Å². The fourth-order valence-corrected chi connectivity index (χ4v) is 2.18. The molecule has 3 nitrogen and oxygen atoms in total. The minimum Gasteiger partial charge on any atom is -0.497 e. The van der Waals surface area contributed by atoms with Crippen LogP contribution >= 0.6 is 15.9 Å². The molecule has 1 rings (SSSR count). The van der Waals surface area contributed by atoms with Crippen molar-refractivity contribution in [3.05, 3.63) is 28.2 Å². The maximum Gasteiger partial charge on any atom is 0.119 e. The number of ether oxygens (including phenoxy) is 2. The zero-order valence-electron chi connectivity index (χ0n) is 10.6. The summed E-state index contributed by atoms with van der Waals surface area (Å²) in [7, 11) is 1.68. The van der Waals surface area contributed by atoms with Gasteiger partial charge in [0.1, 0.15) is 5.75 Å². The van der Waals surface area contributed by atoms with Gasteiger partial charge in [-0.3, -0.25) is 0 Å². The molecule has 0 aliphatic heterocycles. The van der Waals surface area contributed by atoms with Crippen LogP contribution in [0.3, 0.4) is 0 Å². The lowest BCUT2D eigenvalue weighted by molar-refractivity contribution is 0.123. The van der Waals surface area contributed by atoms with Gasteiger partial charge in [0.2, 0.25) is 0 Å². The summed E-state index contributed by atoms with van der Waals surface area (Å²) in [5.41, 5.74) is 1.17. The van der Waals surface area contributed by atoms with Crippen LogP contribution in [0.2, 0.25) is 0 Å². The summed E-state index contributed by atoms with van der Waals surface area (Å²) in [6, 6.07) is 6.17.